The fraction of sp³-hybridized carbons (Fsp3) is 0.0833. The number of aromatic nitrogens is 4. The van der Waals surface area contributed by atoms with E-state index in [1.807, 2.05) is 48.5 Å². The summed E-state index contributed by atoms with van der Waals surface area (Å²) in [5, 5.41) is 7.99. The van der Waals surface area contributed by atoms with Gasteiger partial charge in [0, 0.05) is 34.0 Å². The van der Waals surface area contributed by atoms with Gasteiger partial charge in [0.15, 0.2) is 17.3 Å². The topological polar surface area (TPSA) is 134 Å². The van der Waals surface area contributed by atoms with Crippen LogP contribution in [0.4, 0.5) is 5.82 Å². The van der Waals surface area contributed by atoms with E-state index in [0.717, 1.165) is 20.7 Å². The van der Waals surface area contributed by atoms with Gasteiger partial charge in [0.05, 0.1) is 35.8 Å². The minimum absolute atomic E-state index is 0.165. The number of nitrogens with zero attached hydrogens (tertiary/aromatic N) is 4. The average molecular weight is 675 g/mol. The number of ether oxygens (including phenoxy) is 1. The van der Waals surface area contributed by atoms with Gasteiger partial charge in [-0.3, -0.25) is 19.4 Å². The minimum Gasteiger partial charge on any atom is -0.491 e. The SMILES string of the molecule is COc1c(-c2ccc(C#Cc3ccccc3)c(=O)n2Cc2ccncc2)nn(C(=O)c2cccc(C(N)=O)c2)c1NCc1ccc(Cl)s1. The number of rotatable bonds is 9. The van der Waals surface area contributed by atoms with Crippen LogP contribution in [-0.4, -0.2) is 38.3 Å². The number of halogens is 1. The molecule has 0 radical (unpaired) electrons. The minimum atomic E-state index is -0.674. The first-order valence-corrected chi connectivity index (χ1v) is 15.8. The predicted octanol–water partition coefficient (Wildman–Crippen LogP) is 5.68. The summed E-state index contributed by atoms with van der Waals surface area (Å²) in [6.45, 7) is 0.462. The molecule has 0 saturated carbocycles. The highest BCUT2D eigenvalue weighted by Crippen LogP contribution is 2.37. The summed E-state index contributed by atoms with van der Waals surface area (Å²) in [6.07, 6.45) is 3.29. The van der Waals surface area contributed by atoms with Gasteiger partial charge in [-0.1, -0.05) is 47.7 Å². The molecule has 0 spiro atoms. The molecule has 12 heteroatoms. The number of hydrogen-bond acceptors (Lipinski definition) is 8. The molecule has 4 heterocycles. The molecule has 0 unspecified atom stereocenters. The second-order valence-electron chi connectivity index (χ2n) is 10.4. The van der Waals surface area contributed by atoms with E-state index >= 15 is 0 Å². The van der Waals surface area contributed by atoms with Gasteiger partial charge >= 0.3 is 0 Å². The summed E-state index contributed by atoms with van der Waals surface area (Å²) in [7, 11) is 1.46. The zero-order valence-corrected chi connectivity index (χ0v) is 27.1. The van der Waals surface area contributed by atoms with Crippen LogP contribution in [0.2, 0.25) is 4.34 Å². The second kappa shape index (κ2) is 14.2. The molecule has 238 valence electrons. The number of nitrogens with one attached hydrogen (secondary N) is 1. The van der Waals surface area contributed by atoms with Crippen LogP contribution in [0.25, 0.3) is 11.4 Å². The third kappa shape index (κ3) is 6.90. The standard InChI is InChI=1S/C36H27ClN6O4S/c1-47-32-31(29-14-12-25(11-10-23-6-3-2-4-7-23)35(45)42(29)22-24-16-18-39-19-17-24)41-43(34(32)40-21-28-13-15-30(37)48-28)36(46)27-9-5-8-26(20-27)33(38)44/h2-9,12-20,40H,21-22H2,1H3,(H2,38,44). The van der Waals surface area contributed by atoms with Crippen LogP contribution in [0.3, 0.4) is 0 Å². The number of primary amides is 1. The van der Waals surface area contributed by atoms with Crippen LogP contribution in [0.1, 0.15) is 42.3 Å². The molecule has 3 N–H and O–H groups in total. The van der Waals surface area contributed by atoms with E-state index in [-0.39, 0.29) is 46.1 Å². The lowest BCUT2D eigenvalue weighted by atomic mass is 10.1. The van der Waals surface area contributed by atoms with Crippen molar-refractivity contribution in [1.82, 2.24) is 19.3 Å². The monoisotopic (exact) mass is 674 g/mol. The summed E-state index contributed by atoms with van der Waals surface area (Å²) in [4.78, 5) is 45.0. The maximum atomic E-state index is 14.1. The van der Waals surface area contributed by atoms with Gasteiger partial charge < -0.3 is 20.4 Å². The summed E-state index contributed by atoms with van der Waals surface area (Å²) in [5.41, 5.74) is 7.96. The lowest BCUT2D eigenvalue weighted by molar-refractivity contribution is 0.0947. The molecular formula is C36H27ClN6O4S. The summed E-state index contributed by atoms with van der Waals surface area (Å²) in [6, 6.07) is 26.1. The molecule has 0 bridgehead atoms. The van der Waals surface area contributed by atoms with Crippen molar-refractivity contribution in [3.05, 3.63) is 151 Å². The first kappa shape index (κ1) is 32.0. The van der Waals surface area contributed by atoms with Crippen molar-refractivity contribution < 1.29 is 14.3 Å². The number of carbonyl (C=O) groups excluding carboxylic acids is 2. The average Bonchev–Trinajstić information content (AvgIpc) is 3.70. The third-order valence-electron chi connectivity index (χ3n) is 7.31. The van der Waals surface area contributed by atoms with Crippen molar-refractivity contribution in [2.45, 2.75) is 13.1 Å². The van der Waals surface area contributed by atoms with Crippen LogP contribution in [0, 0.1) is 11.8 Å². The molecule has 0 aliphatic carbocycles. The molecule has 6 aromatic rings. The zero-order chi connectivity index (χ0) is 33.6. The fourth-order valence-electron chi connectivity index (χ4n) is 4.98. The quantitative estimate of drug-likeness (QED) is 0.189. The predicted molar refractivity (Wildman–Crippen MR) is 186 cm³/mol. The van der Waals surface area contributed by atoms with Gasteiger partial charge in [-0.2, -0.15) is 9.78 Å². The molecule has 2 aromatic carbocycles. The molecule has 6 rings (SSSR count). The molecule has 0 atom stereocenters. The lowest BCUT2D eigenvalue weighted by Crippen LogP contribution is -2.25. The van der Waals surface area contributed by atoms with Crippen molar-refractivity contribution in [3.8, 4) is 29.0 Å². The van der Waals surface area contributed by atoms with Gasteiger partial charge in [-0.15, -0.1) is 11.3 Å². The van der Waals surface area contributed by atoms with E-state index in [4.69, 9.17) is 27.2 Å². The Hall–Kier alpha value is -5.96. The van der Waals surface area contributed by atoms with E-state index in [1.165, 1.54) is 30.6 Å². The van der Waals surface area contributed by atoms with E-state index in [0.29, 0.717) is 16.6 Å². The van der Waals surface area contributed by atoms with Crippen LogP contribution in [-0.2, 0) is 13.1 Å². The number of methoxy groups -OCH3 is 1. The maximum Gasteiger partial charge on any atom is 0.280 e. The summed E-state index contributed by atoms with van der Waals surface area (Å²) >= 11 is 7.55. The van der Waals surface area contributed by atoms with Crippen LogP contribution in [0.5, 0.6) is 5.75 Å². The molecule has 0 saturated heterocycles. The van der Waals surface area contributed by atoms with Gasteiger partial charge in [0.1, 0.15) is 0 Å². The highest BCUT2D eigenvalue weighted by Gasteiger charge is 2.27. The maximum absolute atomic E-state index is 14.1. The number of thiophene rings is 1. The second-order valence-corrected chi connectivity index (χ2v) is 12.2. The fourth-order valence-corrected chi connectivity index (χ4v) is 6.01. The van der Waals surface area contributed by atoms with Crippen molar-refractivity contribution in [2.75, 3.05) is 12.4 Å². The highest BCUT2D eigenvalue weighted by molar-refractivity contribution is 7.16. The Balaban J connectivity index is 1.52. The molecular weight excluding hydrogens is 648 g/mol. The van der Waals surface area contributed by atoms with Crippen LogP contribution >= 0.6 is 22.9 Å². The molecule has 1 amide bonds. The van der Waals surface area contributed by atoms with Crippen LogP contribution < -0.4 is 21.3 Å². The van der Waals surface area contributed by atoms with Gasteiger partial charge in [0.25, 0.3) is 11.5 Å². The third-order valence-corrected chi connectivity index (χ3v) is 8.54. The Bertz CT molecular complexity index is 2250. The molecule has 4 aromatic heterocycles. The van der Waals surface area contributed by atoms with Crippen LogP contribution in [0.15, 0.2) is 108 Å². The Morgan fingerprint density at radius 2 is 1.73 bits per heavy atom. The summed E-state index contributed by atoms with van der Waals surface area (Å²) in [5.74, 6) is 5.30. The molecule has 0 fully saturated rings. The molecule has 48 heavy (non-hydrogen) atoms. The highest BCUT2D eigenvalue weighted by atomic mass is 35.5. The Labute approximate surface area is 284 Å². The van der Waals surface area contributed by atoms with E-state index in [9.17, 15) is 14.4 Å². The summed E-state index contributed by atoms with van der Waals surface area (Å²) < 4.78 is 9.20. The van der Waals surface area contributed by atoms with Crippen molar-refractivity contribution in [1.29, 1.82) is 0 Å². The van der Waals surface area contributed by atoms with E-state index in [2.05, 4.69) is 22.1 Å². The molecule has 0 aliphatic heterocycles. The van der Waals surface area contributed by atoms with Gasteiger partial charge in [-0.25, -0.2) is 0 Å². The first-order chi connectivity index (χ1) is 23.3. The smallest absolute Gasteiger partial charge is 0.280 e. The zero-order valence-electron chi connectivity index (χ0n) is 25.5. The number of carbonyl (C=O) groups is 2. The number of hydrogen-bond donors (Lipinski definition) is 2. The normalized spacial score (nSPS) is 10.6. The number of nitrogens with two attached hydrogens (primary N) is 1. The largest absolute Gasteiger partial charge is 0.491 e. The lowest BCUT2D eigenvalue weighted by Gasteiger charge is -2.13. The number of benzene rings is 2. The van der Waals surface area contributed by atoms with Crippen molar-refractivity contribution in [3.63, 3.8) is 0 Å². The van der Waals surface area contributed by atoms with Crippen molar-refractivity contribution in [2.24, 2.45) is 5.73 Å². The molecule has 0 aliphatic rings. The Morgan fingerprint density at radius 3 is 2.44 bits per heavy atom. The molecule has 10 nitrogen and oxygen atoms in total. The van der Waals surface area contributed by atoms with Gasteiger partial charge in [-0.05, 0) is 72.3 Å². The first-order valence-electron chi connectivity index (χ1n) is 14.6. The Morgan fingerprint density at radius 1 is 0.958 bits per heavy atom. The number of anilines is 1. The van der Waals surface area contributed by atoms with Crippen molar-refractivity contribution >= 4 is 40.6 Å². The number of pyridine rings is 2. The van der Waals surface area contributed by atoms with E-state index in [1.54, 1.807) is 47.3 Å². The van der Waals surface area contributed by atoms with Gasteiger partial charge in [0.2, 0.25) is 5.91 Å². The van der Waals surface area contributed by atoms with E-state index < -0.39 is 11.8 Å². The number of amides is 1. The Kier molecular flexibility index (Phi) is 9.47.